The van der Waals surface area contributed by atoms with Gasteiger partial charge in [0.25, 0.3) is 0 Å². The Balaban J connectivity index is 1.71. The Labute approximate surface area is 118 Å². The van der Waals surface area contributed by atoms with Crippen LogP contribution in [0.3, 0.4) is 0 Å². The molecular weight excluding hydrogens is 250 g/mol. The van der Waals surface area contributed by atoms with Crippen molar-refractivity contribution in [3.05, 3.63) is 54.6 Å². The van der Waals surface area contributed by atoms with E-state index >= 15 is 0 Å². The van der Waals surface area contributed by atoms with Crippen LogP contribution in [-0.2, 0) is 0 Å². The lowest BCUT2D eigenvalue weighted by atomic mass is 10.3. The summed E-state index contributed by atoms with van der Waals surface area (Å²) in [5.74, 6) is 1.83. The molecule has 0 spiro atoms. The van der Waals surface area contributed by atoms with Gasteiger partial charge in [-0.1, -0.05) is 18.2 Å². The number of methoxy groups -OCH3 is 1. The fourth-order valence-electron chi connectivity index (χ4n) is 2.18. The van der Waals surface area contributed by atoms with Crippen molar-refractivity contribution in [3.8, 4) is 5.75 Å². The topological polar surface area (TPSA) is 36.9 Å². The summed E-state index contributed by atoms with van der Waals surface area (Å²) >= 11 is 0. The zero-order valence-corrected chi connectivity index (χ0v) is 11.4. The van der Waals surface area contributed by atoms with Crippen LogP contribution < -0.4 is 15.2 Å². The first kappa shape index (κ1) is 12.5. The lowest BCUT2D eigenvalue weighted by molar-refractivity contribution is 0.415. The van der Waals surface area contributed by atoms with Crippen LogP contribution in [0, 0.1) is 0 Å². The Morgan fingerprint density at radius 1 is 1.05 bits per heavy atom. The van der Waals surface area contributed by atoms with Crippen molar-refractivity contribution < 1.29 is 4.74 Å². The first-order valence-electron chi connectivity index (χ1n) is 6.66. The van der Waals surface area contributed by atoms with Crippen molar-refractivity contribution in [1.82, 2.24) is 5.43 Å². The number of para-hydroxylation sites is 1. The van der Waals surface area contributed by atoms with Gasteiger partial charge < -0.3 is 4.74 Å². The Bertz CT molecular complexity index is 593. The predicted octanol–water partition coefficient (Wildman–Crippen LogP) is 3.14. The summed E-state index contributed by atoms with van der Waals surface area (Å²) in [6.45, 7) is 0.930. The Morgan fingerprint density at radius 2 is 1.80 bits per heavy atom. The van der Waals surface area contributed by atoms with Gasteiger partial charge in [0.2, 0.25) is 0 Å². The summed E-state index contributed by atoms with van der Waals surface area (Å²) in [5.41, 5.74) is 5.43. The summed E-state index contributed by atoms with van der Waals surface area (Å²) in [6.07, 6.45) is 0.918. The molecule has 1 N–H and O–H groups in total. The van der Waals surface area contributed by atoms with Crippen LogP contribution in [0.2, 0.25) is 0 Å². The number of benzene rings is 2. The van der Waals surface area contributed by atoms with Gasteiger partial charge in [-0.15, -0.1) is 0 Å². The number of hydrogen-bond acceptors (Lipinski definition) is 3. The minimum Gasteiger partial charge on any atom is -0.497 e. The van der Waals surface area contributed by atoms with Gasteiger partial charge in [0.15, 0.2) is 0 Å². The molecule has 0 unspecified atom stereocenters. The van der Waals surface area contributed by atoms with E-state index in [9.17, 15) is 0 Å². The molecule has 1 fully saturated rings. The average molecular weight is 267 g/mol. The summed E-state index contributed by atoms with van der Waals surface area (Å²) in [6, 6.07) is 18.0. The quantitative estimate of drug-likeness (QED) is 0.928. The molecule has 0 radical (unpaired) electrons. The third kappa shape index (κ3) is 2.74. The van der Waals surface area contributed by atoms with E-state index in [1.807, 2.05) is 42.5 Å². The van der Waals surface area contributed by atoms with Gasteiger partial charge in [0.1, 0.15) is 11.6 Å². The number of hydrogen-bond donors (Lipinski definition) is 1. The molecule has 0 amide bonds. The summed E-state index contributed by atoms with van der Waals surface area (Å²) in [5, 5.41) is 2.11. The molecular formula is C16H17N3O. The van der Waals surface area contributed by atoms with Crippen molar-refractivity contribution in [3.63, 3.8) is 0 Å². The highest BCUT2D eigenvalue weighted by Crippen LogP contribution is 2.20. The monoisotopic (exact) mass is 267 g/mol. The summed E-state index contributed by atoms with van der Waals surface area (Å²) in [7, 11) is 1.66. The van der Waals surface area contributed by atoms with Crippen LogP contribution in [0.5, 0.6) is 5.75 Å². The van der Waals surface area contributed by atoms with Gasteiger partial charge >= 0.3 is 0 Å². The highest BCUT2D eigenvalue weighted by Gasteiger charge is 2.16. The molecule has 0 bridgehead atoms. The largest absolute Gasteiger partial charge is 0.497 e. The predicted molar refractivity (Wildman–Crippen MR) is 81.6 cm³/mol. The third-order valence-electron chi connectivity index (χ3n) is 3.24. The standard InChI is InChI=1S/C16H17N3O/c1-20-15-9-7-13(8-10-15)17-16-11-12-19(18-16)14-5-3-2-4-6-14/h2-10H,11-12H2,1H3,(H,17,18). The molecule has 20 heavy (non-hydrogen) atoms. The SMILES string of the molecule is COc1ccc(N=C2CCN(c3ccccc3)N2)cc1. The average Bonchev–Trinajstić information content (AvgIpc) is 2.97. The van der Waals surface area contributed by atoms with E-state index in [4.69, 9.17) is 4.74 Å². The van der Waals surface area contributed by atoms with Crippen LogP contribution in [0.15, 0.2) is 59.6 Å². The maximum Gasteiger partial charge on any atom is 0.123 e. The van der Waals surface area contributed by atoms with Crippen LogP contribution in [0.1, 0.15) is 6.42 Å². The molecule has 1 saturated heterocycles. The van der Waals surface area contributed by atoms with E-state index in [2.05, 4.69) is 27.6 Å². The molecule has 1 heterocycles. The normalized spacial score (nSPS) is 16.2. The molecule has 3 rings (SSSR count). The number of ether oxygens (including phenoxy) is 1. The molecule has 4 heteroatoms. The molecule has 1 aliphatic heterocycles. The van der Waals surface area contributed by atoms with Crippen LogP contribution in [0.4, 0.5) is 11.4 Å². The van der Waals surface area contributed by atoms with E-state index in [0.29, 0.717) is 0 Å². The van der Waals surface area contributed by atoms with Crippen LogP contribution in [0.25, 0.3) is 0 Å². The lowest BCUT2D eigenvalue weighted by Gasteiger charge is -2.17. The minimum absolute atomic E-state index is 0.847. The van der Waals surface area contributed by atoms with Gasteiger partial charge in [-0.05, 0) is 36.4 Å². The molecule has 0 saturated carbocycles. The van der Waals surface area contributed by atoms with Gasteiger partial charge in [0, 0.05) is 13.0 Å². The first-order valence-corrected chi connectivity index (χ1v) is 6.66. The molecule has 2 aromatic rings. The van der Waals surface area contributed by atoms with Crippen LogP contribution >= 0.6 is 0 Å². The number of rotatable bonds is 3. The van der Waals surface area contributed by atoms with Crippen molar-refractivity contribution in [2.24, 2.45) is 4.99 Å². The first-order chi connectivity index (χ1) is 9.85. The van der Waals surface area contributed by atoms with E-state index in [1.165, 1.54) is 0 Å². The number of amidine groups is 1. The maximum absolute atomic E-state index is 5.14. The summed E-state index contributed by atoms with van der Waals surface area (Å²) < 4.78 is 5.14. The molecule has 102 valence electrons. The molecule has 0 aliphatic carbocycles. The van der Waals surface area contributed by atoms with Crippen LogP contribution in [-0.4, -0.2) is 19.5 Å². The number of nitrogens with one attached hydrogen (secondary N) is 1. The Kier molecular flexibility index (Phi) is 3.54. The molecule has 1 aliphatic rings. The molecule has 2 aromatic carbocycles. The van der Waals surface area contributed by atoms with E-state index in [-0.39, 0.29) is 0 Å². The number of aliphatic imine (C=N–C) groups is 1. The van der Waals surface area contributed by atoms with Gasteiger partial charge in [-0.2, -0.15) is 0 Å². The third-order valence-corrected chi connectivity index (χ3v) is 3.24. The highest BCUT2D eigenvalue weighted by atomic mass is 16.5. The number of nitrogens with zero attached hydrogens (tertiary/aromatic N) is 2. The number of hydrazine groups is 1. The van der Waals surface area contributed by atoms with Crippen molar-refractivity contribution in [1.29, 1.82) is 0 Å². The van der Waals surface area contributed by atoms with Gasteiger partial charge in [0.05, 0.1) is 18.5 Å². The fourth-order valence-corrected chi connectivity index (χ4v) is 2.18. The Morgan fingerprint density at radius 3 is 2.50 bits per heavy atom. The highest BCUT2D eigenvalue weighted by molar-refractivity contribution is 5.89. The molecule has 4 nitrogen and oxygen atoms in total. The zero-order chi connectivity index (χ0) is 13.8. The van der Waals surface area contributed by atoms with E-state index < -0.39 is 0 Å². The second-order valence-electron chi connectivity index (χ2n) is 4.61. The second-order valence-corrected chi connectivity index (χ2v) is 4.61. The maximum atomic E-state index is 5.14. The second kappa shape index (κ2) is 5.65. The van der Waals surface area contributed by atoms with E-state index in [1.54, 1.807) is 7.11 Å². The van der Waals surface area contributed by atoms with E-state index in [0.717, 1.165) is 35.9 Å². The molecule has 0 aromatic heterocycles. The van der Waals surface area contributed by atoms with Gasteiger partial charge in [-0.25, -0.2) is 4.99 Å². The number of anilines is 1. The minimum atomic E-state index is 0.847. The Hall–Kier alpha value is -2.49. The fraction of sp³-hybridized carbons (Fsp3) is 0.188. The molecule has 0 atom stereocenters. The zero-order valence-electron chi connectivity index (χ0n) is 11.4. The van der Waals surface area contributed by atoms with Crippen molar-refractivity contribution in [2.75, 3.05) is 18.7 Å². The van der Waals surface area contributed by atoms with Crippen molar-refractivity contribution >= 4 is 17.2 Å². The smallest absolute Gasteiger partial charge is 0.123 e. The lowest BCUT2D eigenvalue weighted by Crippen LogP contribution is -2.32. The van der Waals surface area contributed by atoms with Crippen molar-refractivity contribution in [2.45, 2.75) is 6.42 Å². The van der Waals surface area contributed by atoms with Gasteiger partial charge in [-0.3, -0.25) is 10.4 Å². The summed E-state index contributed by atoms with van der Waals surface area (Å²) in [4.78, 5) is 4.62.